The van der Waals surface area contributed by atoms with Gasteiger partial charge in [0.2, 0.25) is 10.0 Å². The Balaban J connectivity index is 1.80. The van der Waals surface area contributed by atoms with E-state index in [1.165, 1.54) is 12.4 Å². The van der Waals surface area contributed by atoms with Gasteiger partial charge in [-0.05, 0) is 41.8 Å². The lowest BCUT2D eigenvalue weighted by molar-refractivity contribution is 0.554. The number of benzene rings is 1. The van der Waals surface area contributed by atoms with E-state index in [1.54, 1.807) is 31.5 Å². The van der Waals surface area contributed by atoms with Gasteiger partial charge in [0, 0.05) is 47.0 Å². The summed E-state index contributed by atoms with van der Waals surface area (Å²) in [5.74, 6) is -3.14. The number of halogens is 4. The van der Waals surface area contributed by atoms with Gasteiger partial charge in [-0.25, -0.2) is 27.2 Å². The lowest BCUT2D eigenvalue weighted by atomic mass is 9.84. The lowest BCUT2D eigenvalue weighted by Gasteiger charge is -2.20. The third kappa shape index (κ3) is 4.40. The Morgan fingerprint density at radius 3 is 2.06 bits per heavy atom. The normalized spacial score (nSPS) is 12.2. The maximum absolute atomic E-state index is 16.0. The Labute approximate surface area is 214 Å². The first kappa shape index (κ1) is 24.5. The van der Waals surface area contributed by atoms with Gasteiger partial charge < -0.3 is 9.97 Å². The fourth-order valence-electron chi connectivity index (χ4n) is 4.35. The van der Waals surface area contributed by atoms with Gasteiger partial charge in [-0.15, -0.1) is 0 Å². The highest BCUT2D eigenvalue weighted by Crippen LogP contribution is 2.43. The molecule has 5 aromatic rings. The Hall–Kier alpha value is -3.21. The van der Waals surface area contributed by atoms with Crippen LogP contribution in [0.4, 0.5) is 14.5 Å². The largest absolute Gasteiger partial charge is 0.346 e. The van der Waals surface area contributed by atoms with Crippen LogP contribution in [0.2, 0.25) is 10.0 Å². The van der Waals surface area contributed by atoms with Crippen LogP contribution in [-0.2, 0) is 10.0 Å². The van der Waals surface area contributed by atoms with Crippen molar-refractivity contribution in [2.45, 2.75) is 19.3 Å². The fourth-order valence-corrected chi connectivity index (χ4v) is 5.80. The topological polar surface area (TPSA) is 104 Å². The average molecular weight is 550 g/mol. The molecule has 0 saturated carbocycles. The molecule has 0 aliphatic carbocycles. The highest BCUT2D eigenvalue weighted by molar-refractivity contribution is 7.92. The molecular weight excluding hydrogens is 531 g/mol. The van der Waals surface area contributed by atoms with E-state index in [9.17, 15) is 8.42 Å². The monoisotopic (exact) mass is 549 g/mol. The number of pyridine rings is 2. The first-order valence-electron chi connectivity index (χ1n) is 10.9. The molecule has 1 aromatic carbocycles. The van der Waals surface area contributed by atoms with E-state index in [4.69, 9.17) is 23.2 Å². The summed E-state index contributed by atoms with van der Waals surface area (Å²) < 4.78 is 58.5. The Morgan fingerprint density at radius 1 is 0.972 bits per heavy atom. The molecule has 0 bridgehead atoms. The van der Waals surface area contributed by atoms with E-state index in [1.807, 2.05) is 0 Å². The van der Waals surface area contributed by atoms with E-state index in [0.717, 1.165) is 12.1 Å². The van der Waals surface area contributed by atoms with Crippen molar-refractivity contribution >= 4 is 61.0 Å². The van der Waals surface area contributed by atoms with E-state index in [0.29, 0.717) is 49.7 Å². The van der Waals surface area contributed by atoms with Crippen LogP contribution in [0.3, 0.4) is 0 Å². The minimum Gasteiger partial charge on any atom is -0.346 e. The van der Waals surface area contributed by atoms with Crippen LogP contribution in [0, 0.1) is 11.6 Å². The van der Waals surface area contributed by atoms with Crippen molar-refractivity contribution in [3.8, 4) is 0 Å². The molecule has 0 unspecified atom stereocenters. The van der Waals surface area contributed by atoms with Crippen LogP contribution in [0.1, 0.15) is 36.0 Å². The molecule has 0 aliphatic rings. The van der Waals surface area contributed by atoms with Gasteiger partial charge >= 0.3 is 0 Å². The van der Waals surface area contributed by atoms with E-state index >= 15 is 8.78 Å². The van der Waals surface area contributed by atoms with Gasteiger partial charge in [0.1, 0.15) is 17.1 Å². The number of anilines is 1. The molecule has 3 N–H and O–H groups in total. The fraction of sp³-hybridized carbons (Fsp3) is 0.167. The number of aromatic amines is 2. The molecule has 0 fully saturated rings. The number of nitrogens with zero attached hydrogens (tertiary/aromatic N) is 2. The van der Waals surface area contributed by atoms with Crippen LogP contribution in [0.15, 0.2) is 49.1 Å². The summed E-state index contributed by atoms with van der Waals surface area (Å²) in [5, 5.41) is 1.78. The number of sulfonamides is 1. The molecule has 12 heteroatoms. The summed E-state index contributed by atoms with van der Waals surface area (Å²) in [7, 11) is -3.83. The molecule has 0 spiro atoms. The molecule has 0 amide bonds. The SMILES string of the molecule is CCCS(=O)(=O)Nc1ccc(F)c(C(c2c[nH]c3ncc(Cl)cc23)c2c[nH]c3ncc(Cl)cc23)c1F. The highest BCUT2D eigenvalue weighted by atomic mass is 35.5. The molecule has 0 aliphatic heterocycles. The van der Waals surface area contributed by atoms with E-state index in [2.05, 4.69) is 24.7 Å². The minimum absolute atomic E-state index is 0.207. The summed E-state index contributed by atoms with van der Waals surface area (Å²) in [6, 6.07) is 5.40. The first-order valence-corrected chi connectivity index (χ1v) is 13.3. The number of hydrogen-bond donors (Lipinski definition) is 3. The molecule has 5 rings (SSSR count). The molecule has 7 nitrogen and oxygen atoms in total. The van der Waals surface area contributed by atoms with E-state index < -0.39 is 27.6 Å². The molecular formula is C24H19Cl2F2N5O2S. The molecule has 36 heavy (non-hydrogen) atoms. The van der Waals surface area contributed by atoms with Gasteiger partial charge in [0.05, 0.1) is 21.5 Å². The van der Waals surface area contributed by atoms with Crippen LogP contribution in [0.5, 0.6) is 0 Å². The maximum atomic E-state index is 16.0. The predicted octanol–water partition coefficient (Wildman–Crippen LogP) is 6.36. The average Bonchev–Trinajstić information content (AvgIpc) is 3.42. The standard InChI is InChI=1S/C24H19Cl2F2N5O2S/c1-2-5-36(34,35)33-19-4-3-18(27)21(22(19)28)20(16-10-31-23-14(16)6-12(25)8-29-23)17-11-32-24-15(17)7-13(26)9-30-24/h3-4,6-11,20,33H,2,5H2,1H3,(H,29,31)(H,30,32). The van der Waals surface area contributed by atoms with Crippen molar-refractivity contribution in [1.82, 2.24) is 19.9 Å². The Kier molecular flexibility index (Phi) is 6.36. The summed E-state index contributed by atoms with van der Waals surface area (Å²) in [6.07, 6.45) is 6.45. The Bertz CT molecular complexity index is 1640. The number of nitrogens with one attached hydrogen (secondary N) is 3. The number of rotatable bonds is 7. The van der Waals surface area contributed by atoms with Crippen molar-refractivity contribution in [3.05, 3.63) is 87.4 Å². The zero-order chi connectivity index (χ0) is 25.6. The minimum atomic E-state index is -3.83. The van der Waals surface area contributed by atoms with Gasteiger partial charge in [0.25, 0.3) is 0 Å². The second kappa shape index (κ2) is 9.34. The number of aromatic nitrogens is 4. The van der Waals surface area contributed by atoms with Gasteiger partial charge in [0.15, 0.2) is 5.82 Å². The van der Waals surface area contributed by atoms with Gasteiger partial charge in [-0.3, -0.25) is 4.72 Å². The summed E-state index contributed by atoms with van der Waals surface area (Å²) in [5.41, 5.74) is 1.19. The molecule has 4 heterocycles. The zero-order valence-electron chi connectivity index (χ0n) is 18.7. The number of H-pyrrole nitrogens is 2. The number of hydrogen-bond acceptors (Lipinski definition) is 4. The van der Waals surface area contributed by atoms with Crippen molar-refractivity contribution in [2.24, 2.45) is 0 Å². The van der Waals surface area contributed by atoms with Crippen molar-refractivity contribution in [1.29, 1.82) is 0 Å². The highest BCUT2D eigenvalue weighted by Gasteiger charge is 2.31. The van der Waals surface area contributed by atoms with Gasteiger partial charge in [-0.2, -0.15) is 0 Å². The third-order valence-corrected chi connectivity index (χ3v) is 7.73. The predicted molar refractivity (Wildman–Crippen MR) is 137 cm³/mol. The van der Waals surface area contributed by atoms with Crippen LogP contribution >= 0.6 is 23.2 Å². The van der Waals surface area contributed by atoms with E-state index in [-0.39, 0.29) is 17.0 Å². The summed E-state index contributed by atoms with van der Waals surface area (Å²) in [4.78, 5) is 14.6. The zero-order valence-corrected chi connectivity index (χ0v) is 21.1. The summed E-state index contributed by atoms with van der Waals surface area (Å²) >= 11 is 12.4. The van der Waals surface area contributed by atoms with Crippen molar-refractivity contribution in [3.63, 3.8) is 0 Å². The second-order valence-electron chi connectivity index (χ2n) is 8.26. The quantitative estimate of drug-likeness (QED) is 0.220. The first-order chi connectivity index (χ1) is 17.2. The molecule has 0 radical (unpaired) electrons. The molecule has 0 saturated heterocycles. The van der Waals surface area contributed by atoms with Gasteiger partial charge in [-0.1, -0.05) is 30.1 Å². The smallest absolute Gasteiger partial charge is 0.232 e. The van der Waals surface area contributed by atoms with Crippen molar-refractivity contribution in [2.75, 3.05) is 10.5 Å². The van der Waals surface area contributed by atoms with Crippen molar-refractivity contribution < 1.29 is 17.2 Å². The third-order valence-electron chi connectivity index (χ3n) is 5.84. The van der Waals surface area contributed by atoms with Crippen LogP contribution < -0.4 is 4.72 Å². The lowest BCUT2D eigenvalue weighted by Crippen LogP contribution is -2.18. The molecule has 186 valence electrons. The molecule has 0 atom stereocenters. The van der Waals surface area contributed by atoms with Crippen LogP contribution in [0.25, 0.3) is 22.1 Å². The Morgan fingerprint density at radius 2 is 1.53 bits per heavy atom. The summed E-state index contributed by atoms with van der Waals surface area (Å²) in [6.45, 7) is 1.69. The maximum Gasteiger partial charge on any atom is 0.232 e. The second-order valence-corrected chi connectivity index (χ2v) is 11.0. The van der Waals surface area contributed by atoms with Crippen LogP contribution in [-0.4, -0.2) is 34.1 Å². The number of fused-ring (bicyclic) bond motifs is 2. The molecule has 4 aromatic heterocycles.